The van der Waals surface area contributed by atoms with E-state index in [-0.39, 0.29) is 5.75 Å². The molecule has 0 amide bonds. The van der Waals surface area contributed by atoms with Crippen molar-refractivity contribution in [2.24, 2.45) is 0 Å². The maximum Gasteiger partial charge on any atom is 0.422 e. The summed E-state index contributed by atoms with van der Waals surface area (Å²) < 4.78 is 40.3. The average molecular weight is 231 g/mol. The zero-order valence-corrected chi connectivity index (χ0v) is 8.01. The fourth-order valence-corrected chi connectivity index (χ4v) is 1.27. The number of hydrogen-bond donors (Lipinski definition) is 2. The fraction of sp³-hybridized carbons (Fsp3) is 0.222. The van der Waals surface area contributed by atoms with Crippen LogP contribution in [0.25, 0.3) is 10.9 Å². The van der Waals surface area contributed by atoms with Crippen molar-refractivity contribution in [1.82, 2.24) is 10.2 Å². The van der Waals surface area contributed by atoms with Crippen LogP contribution in [-0.2, 0) is 0 Å². The Hall–Kier alpha value is -1.92. The second-order valence-corrected chi connectivity index (χ2v) is 3.22. The Bertz CT molecular complexity index is 506. The third-order valence-corrected chi connectivity index (χ3v) is 1.97. The third-order valence-electron chi connectivity index (χ3n) is 1.97. The molecule has 0 fully saturated rings. The van der Waals surface area contributed by atoms with E-state index in [0.29, 0.717) is 16.7 Å². The lowest BCUT2D eigenvalue weighted by molar-refractivity contribution is -0.153. The van der Waals surface area contributed by atoms with Gasteiger partial charge in [0.1, 0.15) is 5.75 Å². The van der Waals surface area contributed by atoms with Crippen molar-refractivity contribution < 1.29 is 17.9 Å². The molecule has 0 radical (unpaired) electrons. The molecule has 3 N–H and O–H groups in total. The Morgan fingerprint density at radius 3 is 2.81 bits per heavy atom. The van der Waals surface area contributed by atoms with E-state index in [1.165, 1.54) is 12.1 Å². The van der Waals surface area contributed by atoms with Gasteiger partial charge in [0.25, 0.3) is 0 Å². The Labute approximate surface area is 88.2 Å². The highest BCUT2D eigenvalue weighted by Crippen LogP contribution is 2.24. The van der Waals surface area contributed by atoms with Crippen molar-refractivity contribution in [2.45, 2.75) is 6.18 Å². The molecule has 0 aliphatic heterocycles. The van der Waals surface area contributed by atoms with Crippen molar-refractivity contribution in [3.05, 3.63) is 18.2 Å². The summed E-state index contributed by atoms with van der Waals surface area (Å²) >= 11 is 0. The first-order chi connectivity index (χ1) is 7.46. The van der Waals surface area contributed by atoms with Crippen LogP contribution in [0.3, 0.4) is 0 Å². The molecule has 0 bridgehead atoms. The Morgan fingerprint density at radius 1 is 1.38 bits per heavy atom. The summed E-state index contributed by atoms with van der Waals surface area (Å²) in [6.45, 7) is -1.32. The lowest BCUT2D eigenvalue weighted by Gasteiger charge is -2.08. The monoisotopic (exact) mass is 231 g/mol. The molecular weight excluding hydrogens is 223 g/mol. The number of aromatic amines is 1. The fourth-order valence-electron chi connectivity index (χ4n) is 1.27. The summed E-state index contributed by atoms with van der Waals surface area (Å²) in [7, 11) is 0. The van der Waals surface area contributed by atoms with Gasteiger partial charge < -0.3 is 10.5 Å². The number of ether oxygens (including phenoxy) is 1. The topological polar surface area (TPSA) is 63.9 Å². The maximum atomic E-state index is 11.9. The van der Waals surface area contributed by atoms with E-state index in [9.17, 15) is 13.2 Å². The first-order valence-electron chi connectivity index (χ1n) is 4.39. The zero-order valence-electron chi connectivity index (χ0n) is 8.01. The molecule has 1 heterocycles. The quantitative estimate of drug-likeness (QED) is 0.831. The first kappa shape index (κ1) is 10.6. The second-order valence-electron chi connectivity index (χ2n) is 3.22. The van der Waals surface area contributed by atoms with Gasteiger partial charge in [-0.2, -0.15) is 18.3 Å². The van der Waals surface area contributed by atoms with Gasteiger partial charge in [-0.25, -0.2) is 0 Å². The maximum absolute atomic E-state index is 11.9. The smallest absolute Gasteiger partial charge is 0.422 e. The molecule has 0 spiro atoms. The normalized spacial score (nSPS) is 11.9. The number of rotatable bonds is 2. The molecule has 2 aromatic rings. The number of alkyl halides is 3. The minimum absolute atomic E-state index is 0.119. The Balaban J connectivity index is 2.20. The van der Waals surface area contributed by atoms with E-state index in [4.69, 9.17) is 5.73 Å². The Morgan fingerprint density at radius 2 is 2.12 bits per heavy atom. The average Bonchev–Trinajstić information content (AvgIpc) is 2.56. The van der Waals surface area contributed by atoms with Gasteiger partial charge in [-0.15, -0.1) is 0 Å². The molecule has 1 aromatic heterocycles. The van der Waals surface area contributed by atoms with Crippen molar-refractivity contribution in [3.8, 4) is 5.75 Å². The summed E-state index contributed by atoms with van der Waals surface area (Å²) in [5.74, 6) is 0.422. The molecule has 0 saturated heterocycles. The van der Waals surface area contributed by atoms with E-state index in [0.717, 1.165) is 0 Å². The molecular formula is C9H8F3N3O. The molecule has 0 aliphatic rings. The molecule has 7 heteroatoms. The summed E-state index contributed by atoms with van der Waals surface area (Å²) in [6.07, 6.45) is -4.35. The van der Waals surface area contributed by atoms with E-state index in [1.54, 1.807) is 6.07 Å². The standard InChI is InChI=1S/C9H8F3N3O/c10-9(11,12)4-16-5-1-2-6-7(3-5)14-15-8(6)13/h1-3H,4H2,(H3,13,14,15). The Kier molecular flexibility index (Phi) is 2.37. The number of nitrogens with two attached hydrogens (primary N) is 1. The highest BCUT2D eigenvalue weighted by atomic mass is 19.4. The van der Waals surface area contributed by atoms with Gasteiger partial charge >= 0.3 is 6.18 Å². The van der Waals surface area contributed by atoms with E-state index in [1.807, 2.05) is 0 Å². The highest BCUT2D eigenvalue weighted by Gasteiger charge is 2.28. The molecule has 0 aliphatic carbocycles. The predicted molar refractivity (Wildman–Crippen MR) is 52.1 cm³/mol. The van der Waals surface area contributed by atoms with Gasteiger partial charge in [-0.05, 0) is 12.1 Å². The van der Waals surface area contributed by atoms with Crippen LogP contribution in [0, 0.1) is 0 Å². The van der Waals surface area contributed by atoms with Crippen LogP contribution in [-0.4, -0.2) is 23.0 Å². The number of halogens is 3. The molecule has 0 unspecified atom stereocenters. The lowest BCUT2D eigenvalue weighted by Crippen LogP contribution is -2.19. The number of H-pyrrole nitrogens is 1. The molecule has 0 atom stereocenters. The van der Waals surface area contributed by atoms with Crippen molar-refractivity contribution in [1.29, 1.82) is 0 Å². The minimum atomic E-state index is -4.35. The number of hydrogen-bond acceptors (Lipinski definition) is 3. The van der Waals surface area contributed by atoms with Crippen LogP contribution in [0.15, 0.2) is 18.2 Å². The molecule has 0 saturated carbocycles. The van der Waals surface area contributed by atoms with Gasteiger partial charge in [0, 0.05) is 11.5 Å². The van der Waals surface area contributed by atoms with Gasteiger partial charge in [0.05, 0.1) is 5.52 Å². The number of nitrogen functional groups attached to an aromatic ring is 1. The molecule has 86 valence electrons. The SMILES string of the molecule is Nc1n[nH]c2cc(OCC(F)(F)F)ccc12. The van der Waals surface area contributed by atoms with Gasteiger partial charge in [0.15, 0.2) is 12.4 Å². The first-order valence-corrected chi connectivity index (χ1v) is 4.39. The summed E-state index contributed by atoms with van der Waals surface area (Å²) in [4.78, 5) is 0. The van der Waals surface area contributed by atoms with Crippen LogP contribution in [0.5, 0.6) is 5.75 Å². The molecule has 2 rings (SSSR count). The lowest BCUT2D eigenvalue weighted by atomic mass is 10.2. The number of fused-ring (bicyclic) bond motifs is 1. The molecule has 16 heavy (non-hydrogen) atoms. The minimum Gasteiger partial charge on any atom is -0.484 e. The van der Waals surface area contributed by atoms with Crippen LogP contribution >= 0.6 is 0 Å². The summed E-state index contributed by atoms with van der Waals surface area (Å²) in [5.41, 5.74) is 6.05. The van der Waals surface area contributed by atoms with Crippen molar-refractivity contribution >= 4 is 16.7 Å². The molecule has 4 nitrogen and oxygen atoms in total. The van der Waals surface area contributed by atoms with Gasteiger partial charge in [0.2, 0.25) is 0 Å². The van der Waals surface area contributed by atoms with Crippen LogP contribution in [0.1, 0.15) is 0 Å². The van der Waals surface area contributed by atoms with Crippen molar-refractivity contribution in [3.63, 3.8) is 0 Å². The summed E-state index contributed by atoms with van der Waals surface area (Å²) in [6, 6.07) is 4.39. The third kappa shape index (κ3) is 2.18. The molecule has 1 aromatic carbocycles. The van der Waals surface area contributed by atoms with E-state index >= 15 is 0 Å². The largest absolute Gasteiger partial charge is 0.484 e. The van der Waals surface area contributed by atoms with Crippen molar-refractivity contribution in [2.75, 3.05) is 12.3 Å². The number of anilines is 1. The number of nitrogens with one attached hydrogen (secondary N) is 1. The number of aromatic nitrogens is 2. The van der Waals surface area contributed by atoms with Gasteiger partial charge in [-0.1, -0.05) is 0 Å². The zero-order chi connectivity index (χ0) is 11.8. The number of benzene rings is 1. The summed E-state index contributed by atoms with van der Waals surface area (Å²) in [5, 5.41) is 6.96. The number of nitrogens with zero attached hydrogens (tertiary/aromatic N) is 1. The van der Waals surface area contributed by atoms with Crippen LogP contribution in [0.2, 0.25) is 0 Å². The van der Waals surface area contributed by atoms with Crippen LogP contribution < -0.4 is 10.5 Å². The highest BCUT2D eigenvalue weighted by molar-refractivity contribution is 5.89. The predicted octanol–water partition coefficient (Wildman–Crippen LogP) is 2.09. The van der Waals surface area contributed by atoms with E-state index < -0.39 is 12.8 Å². The second kappa shape index (κ2) is 3.58. The van der Waals surface area contributed by atoms with Gasteiger partial charge in [-0.3, -0.25) is 5.10 Å². The van der Waals surface area contributed by atoms with E-state index in [2.05, 4.69) is 14.9 Å². The van der Waals surface area contributed by atoms with Crippen LogP contribution in [0.4, 0.5) is 19.0 Å².